The van der Waals surface area contributed by atoms with E-state index >= 15 is 0 Å². The number of ether oxygens (including phenoxy) is 3. The molecule has 0 saturated heterocycles. The molecule has 2 aromatic carbocycles. The van der Waals surface area contributed by atoms with Gasteiger partial charge in [-0.2, -0.15) is 0 Å². The summed E-state index contributed by atoms with van der Waals surface area (Å²) in [6.07, 6.45) is -5.84. The second kappa shape index (κ2) is 9.21. The van der Waals surface area contributed by atoms with E-state index in [1.165, 1.54) is 7.11 Å². The normalized spacial score (nSPS) is 28.3. The third-order valence-electron chi connectivity index (χ3n) is 4.67. The van der Waals surface area contributed by atoms with Crippen molar-refractivity contribution in [2.75, 3.05) is 7.11 Å². The summed E-state index contributed by atoms with van der Waals surface area (Å²) in [6.45, 7) is 0.349. The molecule has 0 aliphatic heterocycles. The van der Waals surface area contributed by atoms with Crippen molar-refractivity contribution in [2.24, 2.45) is 0 Å². The van der Waals surface area contributed by atoms with Crippen molar-refractivity contribution in [3.63, 3.8) is 0 Å². The van der Waals surface area contributed by atoms with Gasteiger partial charge in [0.25, 0.3) is 0 Å². The number of Topliss-reactive ketones (excluding diaryl/α,β-unsaturated/α-hetero) is 1. The lowest BCUT2D eigenvalue weighted by atomic mass is 9.85. The smallest absolute Gasteiger partial charge is 0.195 e. The van der Waals surface area contributed by atoms with Gasteiger partial charge in [-0.25, -0.2) is 0 Å². The molecular formula is C21H24O6. The molecule has 0 spiro atoms. The third kappa shape index (κ3) is 4.61. The van der Waals surface area contributed by atoms with Crippen LogP contribution in [-0.4, -0.2) is 53.6 Å². The van der Waals surface area contributed by atoms with E-state index in [0.717, 1.165) is 11.1 Å². The second-order valence-corrected chi connectivity index (χ2v) is 6.52. The zero-order chi connectivity index (χ0) is 19.2. The van der Waals surface area contributed by atoms with E-state index < -0.39 is 36.3 Å². The van der Waals surface area contributed by atoms with Crippen LogP contribution in [-0.2, 0) is 32.2 Å². The Labute approximate surface area is 158 Å². The van der Waals surface area contributed by atoms with Gasteiger partial charge in [-0.1, -0.05) is 60.7 Å². The lowest BCUT2D eigenvalue weighted by Crippen LogP contribution is -2.63. The molecule has 0 unspecified atom stereocenters. The molecule has 144 valence electrons. The van der Waals surface area contributed by atoms with Gasteiger partial charge in [0.2, 0.25) is 0 Å². The van der Waals surface area contributed by atoms with Crippen LogP contribution >= 0.6 is 0 Å². The SMILES string of the molecule is CO[C@H]1C(=O)[C@@H](OCc2ccccc2)[C@@H](O)[C@H](OCc2ccccc2)[C@@H]1O. The molecule has 2 N–H and O–H groups in total. The predicted octanol–water partition coefficient (Wildman–Crippen LogP) is 1.48. The number of hydrogen-bond acceptors (Lipinski definition) is 6. The van der Waals surface area contributed by atoms with E-state index in [0.29, 0.717) is 0 Å². The first-order valence-corrected chi connectivity index (χ1v) is 8.85. The highest BCUT2D eigenvalue weighted by atomic mass is 16.6. The van der Waals surface area contributed by atoms with Crippen molar-refractivity contribution in [1.29, 1.82) is 0 Å². The van der Waals surface area contributed by atoms with Crippen molar-refractivity contribution in [3.8, 4) is 0 Å². The number of aliphatic hydroxyl groups is 2. The Morgan fingerprint density at radius 1 is 0.778 bits per heavy atom. The highest BCUT2D eigenvalue weighted by molar-refractivity contribution is 5.89. The van der Waals surface area contributed by atoms with Gasteiger partial charge in [-0.05, 0) is 11.1 Å². The number of ketones is 1. The van der Waals surface area contributed by atoms with Gasteiger partial charge >= 0.3 is 0 Å². The molecule has 0 heterocycles. The first-order valence-electron chi connectivity index (χ1n) is 8.85. The van der Waals surface area contributed by atoms with Crippen molar-refractivity contribution in [3.05, 3.63) is 71.8 Å². The van der Waals surface area contributed by atoms with Gasteiger partial charge in [0, 0.05) is 7.11 Å². The zero-order valence-corrected chi connectivity index (χ0v) is 15.1. The highest BCUT2D eigenvalue weighted by Crippen LogP contribution is 2.26. The fourth-order valence-corrected chi connectivity index (χ4v) is 3.21. The number of methoxy groups -OCH3 is 1. The van der Waals surface area contributed by atoms with Crippen LogP contribution in [0, 0.1) is 0 Å². The van der Waals surface area contributed by atoms with Gasteiger partial charge < -0.3 is 24.4 Å². The molecule has 0 bridgehead atoms. The summed E-state index contributed by atoms with van der Waals surface area (Å²) in [5, 5.41) is 21.1. The first-order chi connectivity index (χ1) is 13.1. The summed E-state index contributed by atoms with van der Waals surface area (Å²) in [5.41, 5.74) is 1.77. The summed E-state index contributed by atoms with van der Waals surface area (Å²) in [4.78, 5) is 12.6. The number of benzene rings is 2. The van der Waals surface area contributed by atoms with Crippen molar-refractivity contribution < 1.29 is 29.2 Å². The minimum Gasteiger partial charge on any atom is -0.387 e. The Balaban J connectivity index is 1.71. The molecule has 3 rings (SSSR count). The van der Waals surface area contributed by atoms with Crippen molar-refractivity contribution in [1.82, 2.24) is 0 Å². The molecule has 1 aliphatic carbocycles. The zero-order valence-electron chi connectivity index (χ0n) is 15.1. The maximum absolute atomic E-state index is 12.6. The summed E-state index contributed by atoms with van der Waals surface area (Å²) in [7, 11) is 1.34. The second-order valence-electron chi connectivity index (χ2n) is 6.52. The fraction of sp³-hybridized carbons (Fsp3) is 0.381. The predicted molar refractivity (Wildman–Crippen MR) is 97.9 cm³/mol. The van der Waals surface area contributed by atoms with Gasteiger partial charge in [0.15, 0.2) is 5.78 Å². The lowest BCUT2D eigenvalue weighted by Gasteiger charge is -2.40. The Bertz CT molecular complexity index is 720. The number of hydrogen-bond donors (Lipinski definition) is 2. The molecule has 0 amide bonds. The van der Waals surface area contributed by atoms with Gasteiger partial charge in [-0.3, -0.25) is 4.79 Å². The average molecular weight is 372 g/mol. The molecule has 1 saturated carbocycles. The monoisotopic (exact) mass is 372 g/mol. The van der Waals surface area contributed by atoms with E-state index in [1.807, 2.05) is 60.7 Å². The quantitative estimate of drug-likeness (QED) is 0.766. The summed E-state index contributed by atoms with van der Waals surface area (Å²) < 4.78 is 16.6. The fourth-order valence-electron chi connectivity index (χ4n) is 3.21. The van der Waals surface area contributed by atoms with Gasteiger partial charge in [-0.15, -0.1) is 0 Å². The molecule has 0 aromatic heterocycles. The number of aliphatic hydroxyl groups excluding tert-OH is 2. The number of carbonyl (C=O) groups excluding carboxylic acids is 1. The molecular weight excluding hydrogens is 348 g/mol. The lowest BCUT2D eigenvalue weighted by molar-refractivity contribution is -0.211. The summed E-state index contributed by atoms with van der Waals surface area (Å²) in [6, 6.07) is 18.7. The van der Waals surface area contributed by atoms with Gasteiger partial charge in [0.1, 0.15) is 30.5 Å². The van der Waals surface area contributed by atoms with E-state index in [9.17, 15) is 15.0 Å². The number of rotatable bonds is 7. The molecule has 6 heteroatoms. The topological polar surface area (TPSA) is 85.2 Å². The van der Waals surface area contributed by atoms with E-state index in [2.05, 4.69) is 0 Å². The molecule has 5 atom stereocenters. The maximum Gasteiger partial charge on any atom is 0.195 e. The first kappa shape index (κ1) is 19.7. The van der Waals surface area contributed by atoms with Crippen molar-refractivity contribution in [2.45, 2.75) is 43.7 Å². The molecule has 1 aliphatic rings. The van der Waals surface area contributed by atoms with Crippen LogP contribution in [0.4, 0.5) is 0 Å². The van der Waals surface area contributed by atoms with Gasteiger partial charge in [0.05, 0.1) is 13.2 Å². The van der Waals surface area contributed by atoms with Crippen LogP contribution in [0.5, 0.6) is 0 Å². The minimum absolute atomic E-state index is 0.159. The maximum atomic E-state index is 12.6. The molecule has 27 heavy (non-hydrogen) atoms. The van der Waals surface area contributed by atoms with E-state index in [-0.39, 0.29) is 13.2 Å². The molecule has 0 radical (unpaired) electrons. The van der Waals surface area contributed by atoms with E-state index in [1.54, 1.807) is 0 Å². The Kier molecular flexibility index (Phi) is 6.71. The van der Waals surface area contributed by atoms with Crippen LogP contribution in [0.25, 0.3) is 0 Å². The van der Waals surface area contributed by atoms with Crippen LogP contribution in [0.1, 0.15) is 11.1 Å². The third-order valence-corrected chi connectivity index (χ3v) is 4.67. The Morgan fingerprint density at radius 2 is 1.26 bits per heavy atom. The highest BCUT2D eigenvalue weighted by Gasteiger charge is 2.51. The number of carbonyl (C=O) groups is 1. The average Bonchev–Trinajstić information content (AvgIpc) is 2.69. The van der Waals surface area contributed by atoms with Crippen LogP contribution < -0.4 is 0 Å². The van der Waals surface area contributed by atoms with Crippen molar-refractivity contribution >= 4 is 5.78 Å². The summed E-state index contributed by atoms with van der Waals surface area (Å²) >= 11 is 0. The van der Waals surface area contributed by atoms with Crippen LogP contribution in [0.2, 0.25) is 0 Å². The largest absolute Gasteiger partial charge is 0.387 e. The van der Waals surface area contributed by atoms with Crippen LogP contribution in [0.3, 0.4) is 0 Å². The van der Waals surface area contributed by atoms with E-state index in [4.69, 9.17) is 14.2 Å². The van der Waals surface area contributed by atoms with Crippen LogP contribution in [0.15, 0.2) is 60.7 Å². The Morgan fingerprint density at radius 3 is 1.78 bits per heavy atom. The minimum atomic E-state index is -1.30. The standard InChI is InChI=1S/C21H24O6/c1-25-19-16(22)20(26-12-14-8-4-2-5-9-14)18(24)21(17(19)23)27-13-15-10-6-3-7-11-15/h2-11,16,18-22,24H,12-13H2,1H3/t16-,18+,19-,20-,21-/m1/s1. The molecule has 1 fully saturated rings. The molecule has 2 aromatic rings. The Hall–Kier alpha value is -2.09. The molecule has 6 nitrogen and oxygen atoms in total. The summed E-state index contributed by atoms with van der Waals surface area (Å²) in [5.74, 6) is -0.493.